The van der Waals surface area contributed by atoms with Crippen molar-refractivity contribution in [3.63, 3.8) is 0 Å². The van der Waals surface area contributed by atoms with Gasteiger partial charge in [0.15, 0.2) is 5.82 Å². The number of fused-ring (bicyclic) bond motifs is 1. The normalized spacial score (nSPS) is 21.0. The number of rotatable bonds is 3. The molecule has 7 nitrogen and oxygen atoms in total. The molecule has 154 valence electrons. The standard InChI is InChI=1S/C21H20ClN5O2S/c22-16-8-6-14(7-9-16)17-18(20(28)26-10-12-29-13-11-26)30-21-24-23-19(27(21)25-17)15-4-2-1-3-5-15/h1-9,17-18,25H,10-13H2/t17-,18-/m0/s1. The lowest BCUT2D eigenvalue weighted by Crippen LogP contribution is -2.49. The van der Waals surface area contributed by atoms with E-state index in [0.29, 0.717) is 42.3 Å². The first-order valence-electron chi connectivity index (χ1n) is 9.77. The number of carbonyl (C=O) groups is 1. The van der Waals surface area contributed by atoms with Crippen LogP contribution in [0.3, 0.4) is 0 Å². The van der Waals surface area contributed by atoms with E-state index in [0.717, 1.165) is 11.1 Å². The SMILES string of the molecule is O=C([C@H]1Sc2nnc(-c3ccccc3)n2N[C@H]1c1ccc(Cl)cc1)N1CCOCC1. The summed E-state index contributed by atoms with van der Waals surface area (Å²) >= 11 is 7.54. The average Bonchev–Trinajstić information content (AvgIpc) is 3.22. The van der Waals surface area contributed by atoms with Crippen LogP contribution in [0.15, 0.2) is 59.8 Å². The molecule has 1 fully saturated rings. The highest BCUT2D eigenvalue weighted by Gasteiger charge is 2.40. The Balaban J connectivity index is 1.53. The predicted molar refractivity (Wildman–Crippen MR) is 116 cm³/mol. The molecule has 9 heteroatoms. The van der Waals surface area contributed by atoms with Crippen LogP contribution in [-0.4, -0.2) is 57.2 Å². The molecular formula is C21H20ClN5O2S. The minimum Gasteiger partial charge on any atom is -0.378 e. The molecule has 0 saturated carbocycles. The Morgan fingerprint density at radius 2 is 1.80 bits per heavy atom. The molecular weight excluding hydrogens is 422 g/mol. The molecule has 0 unspecified atom stereocenters. The number of morpholine rings is 1. The van der Waals surface area contributed by atoms with E-state index in [1.54, 1.807) is 0 Å². The molecule has 5 rings (SSSR count). The van der Waals surface area contributed by atoms with Crippen molar-refractivity contribution < 1.29 is 9.53 Å². The van der Waals surface area contributed by atoms with E-state index >= 15 is 0 Å². The zero-order chi connectivity index (χ0) is 20.5. The second-order valence-corrected chi connectivity index (χ2v) is 8.69. The molecule has 0 bridgehead atoms. The van der Waals surface area contributed by atoms with Gasteiger partial charge < -0.3 is 15.1 Å². The maximum Gasteiger partial charge on any atom is 0.238 e. The minimum absolute atomic E-state index is 0.0752. The fraction of sp³-hybridized carbons (Fsp3) is 0.286. The summed E-state index contributed by atoms with van der Waals surface area (Å²) in [5.74, 6) is 0.792. The summed E-state index contributed by atoms with van der Waals surface area (Å²) in [6.07, 6.45) is 0. The summed E-state index contributed by atoms with van der Waals surface area (Å²) in [6.45, 7) is 2.34. The van der Waals surface area contributed by atoms with Crippen molar-refractivity contribution >= 4 is 29.3 Å². The summed E-state index contributed by atoms with van der Waals surface area (Å²) in [5.41, 5.74) is 5.44. The van der Waals surface area contributed by atoms with E-state index in [9.17, 15) is 4.79 Å². The summed E-state index contributed by atoms with van der Waals surface area (Å²) in [6, 6.07) is 17.2. The van der Waals surface area contributed by atoms with Crippen molar-refractivity contribution in [3.8, 4) is 11.4 Å². The molecule has 1 N–H and O–H groups in total. The maximum absolute atomic E-state index is 13.4. The lowest BCUT2D eigenvalue weighted by Gasteiger charge is -2.37. The first-order valence-corrected chi connectivity index (χ1v) is 11.0. The Labute approximate surface area is 183 Å². The van der Waals surface area contributed by atoms with Crippen LogP contribution >= 0.6 is 23.4 Å². The largest absolute Gasteiger partial charge is 0.378 e. The van der Waals surface area contributed by atoms with Crippen LogP contribution in [0.2, 0.25) is 5.02 Å². The number of aromatic nitrogens is 3. The first-order chi connectivity index (χ1) is 14.7. The predicted octanol–water partition coefficient (Wildman–Crippen LogP) is 3.22. The van der Waals surface area contributed by atoms with Gasteiger partial charge in [-0.05, 0) is 17.7 Å². The van der Waals surface area contributed by atoms with Crippen LogP contribution < -0.4 is 5.43 Å². The molecule has 1 amide bonds. The van der Waals surface area contributed by atoms with E-state index in [1.165, 1.54) is 11.8 Å². The van der Waals surface area contributed by atoms with Gasteiger partial charge in [-0.15, -0.1) is 10.2 Å². The fourth-order valence-corrected chi connectivity index (χ4v) is 4.99. The second-order valence-electron chi connectivity index (χ2n) is 7.14. The van der Waals surface area contributed by atoms with Crippen molar-refractivity contribution in [2.75, 3.05) is 31.7 Å². The van der Waals surface area contributed by atoms with Gasteiger partial charge in [0.1, 0.15) is 5.25 Å². The van der Waals surface area contributed by atoms with E-state index in [2.05, 4.69) is 15.6 Å². The highest BCUT2D eigenvalue weighted by atomic mass is 35.5. The maximum atomic E-state index is 13.4. The van der Waals surface area contributed by atoms with Crippen LogP contribution in [0.4, 0.5) is 0 Å². The van der Waals surface area contributed by atoms with Crippen LogP contribution in [0, 0.1) is 0 Å². The monoisotopic (exact) mass is 441 g/mol. The van der Waals surface area contributed by atoms with Crippen molar-refractivity contribution in [1.82, 2.24) is 19.8 Å². The Bertz CT molecular complexity index is 1040. The van der Waals surface area contributed by atoms with Gasteiger partial charge in [0.2, 0.25) is 11.1 Å². The van der Waals surface area contributed by atoms with Crippen molar-refractivity contribution in [2.24, 2.45) is 0 Å². The lowest BCUT2D eigenvalue weighted by atomic mass is 10.0. The quantitative estimate of drug-likeness (QED) is 0.672. The number of carbonyl (C=O) groups excluding carboxylic acids is 1. The van der Waals surface area contributed by atoms with E-state index in [1.807, 2.05) is 64.2 Å². The average molecular weight is 442 g/mol. The number of benzene rings is 2. The zero-order valence-electron chi connectivity index (χ0n) is 16.1. The van der Waals surface area contributed by atoms with Crippen LogP contribution in [0.5, 0.6) is 0 Å². The van der Waals surface area contributed by atoms with Crippen molar-refractivity contribution in [1.29, 1.82) is 0 Å². The number of nitrogens with one attached hydrogen (secondary N) is 1. The molecule has 2 aliphatic rings. The topological polar surface area (TPSA) is 72.3 Å². The van der Waals surface area contributed by atoms with Gasteiger partial charge >= 0.3 is 0 Å². The van der Waals surface area contributed by atoms with Gasteiger partial charge in [-0.1, -0.05) is 65.8 Å². The van der Waals surface area contributed by atoms with Gasteiger partial charge in [-0.3, -0.25) is 4.79 Å². The third-order valence-electron chi connectivity index (χ3n) is 5.26. The molecule has 2 aliphatic heterocycles. The van der Waals surface area contributed by atoms with Crippen molar-refractivity contribution in [2.45, 2.75) is 16.4 Å². The Morgan fingerprint density at radius 3 is 2.53 bits per heavy atom. The van der Waals surface area contributed by atoms with Gasteiger partial charge in [0.05, 0.1) is 19.3 Å². The molecule has 0 radical (unpaired) electrons. The number of halogens is 1. The zero-order valence-corrected chi connectivity index (χ0v) is 17.6. The summed E-state index contributed by atoms with van der Waals surface area (Å²) in [7, 11) is 0. The highest BCUT2D eigenvalue weighted by molar-refractivity contribution is 8.00. The Kier molecular flexibility index (Phi) is 5.37. The number of hydrogen-bond donors (Lipinski definition) is 1. The van der Waals surface area contributed by atoms with E-state index < -0.39 is 0 Å². The van der Waals surface area contributed by atoms with E-state index in [-0.39, 0.29) is 17.2 Å². The van der Waals surface area contributed by atoms with Crippen LogP contribution in [-0.2, 0) is 9.53 Å². The number of nitrogens with zero attached hydrogens (tertiary/aromatic N) is 4. The van der Waals surface area contributed by atoms with Gasteiger partial charge in [-0.2, -0.15) is 0 Å². The third kappa shape index (κ3) is 3.66. The van der Waals surface area contributed by atoms with Gasteiger partial charge in [0.25, 0.3) is 0 Å². The molecule has 3 heterocycles. The molecule has 1 aromatic heterocycles. The third-order valence-corrected chi connectivity index (χ3v) is 6.72. The molecule has 0 aliphatic carbocycles. The van der Waals surface area contributed by atoms with Gasteiger partial charge in [-0.25, -0.2) is 4.68 Å². The first kappa shape index (κ1) is 19.4. The molecule has 2 aromatic carbocycles. The molecule has 0 spiro atoms. The van der Waals surface area contributed by atoms with Crippen LogP contribution in [0.25, 0.3) is 11.4 Å². The molecule has 1 saturated heterocycles. The number of hydrogen-bond acceptors (Lipinski definition) is 6. The number of thioether (sulfide) groups is 1. The van der Waals surface area contributed by atoms with Gasteiger partial charge in [0, 0.05) is 23.7 Å². The fourth-order valence-electron chi connectivity index (χ4n) is 3.70. The Hall–Kier alpha value is -2.55. The summed E-state index contributed by atoms with van der Waals surface area (Å²) in [5, 5.41) is 9.69. The lowest BCUT2D eigenvalue weighted by molar-refractivity contribution is -0.135. The van der Waals surface area contributed by atoms with Crippen molar-refractivity contribution in [3.05, 3.63) is 65.2 Å². The minimum atomic E-state index is -0.371. The highest BCUT2D eigenvalue weighted by Crippen LogP contribution is 2.39. The second kappa shape index (κ2) is 8.29. The molecule has 3 aromatic rings. The molecule has 30 heavy (non-hydrogen) atoms. The summed E-state index contributed by atoms with van der Waals surface area (Å²) < 4.78 is 7.29. The number of amides is 1. The number of ether oxygens (including phenoxy) is 1. The molecule has 2 atom stereocenters. The smallest absolute Gasteiger partial charge is 0.238 e. The van der Waals surface area contributed by atoms with E-state index in [4.69, 9.17) is 16.3 Å². The summed E-state index contributed by atoms with van der Waals surface area (Å²) in [4.78, 5) is 15.3. The Morgan fingerprint density at radius 1 is 1.07 bits per heavy atom. The van der Waals surface area contributed by atoms with Crippen LogP contribution in [0.1, 0.15) is 11.6 Å².